The van der Waals surface area contributed by atoms with E-state index in [0.717, 1.165) is 44.9 Å². The Morgan fingerprint density at radius 1 is 1.11 bits per heavy atom. The lowest BCUT2D eigenvalue weighted by Crippen LogP contribution is -2.58. The lowest BCUT2D eigenvalue weighted by Gasteiger charge is -2.55. The van der Waals surface area contributed by atoms with Gasteiger partial charge in [0, 0.05) is 12.5 Å². The SMILES string of the molecule is CCCCC1C(C2CC[C@H](C([O-])=Nc3cc(C(F)(F)F)ccc3C(F)(F)F)C2)CCC2NC(=O)CC[C@@]21C. The number of piperidine rings is 1. The minimum atomic E-state index is -4.93. The molecule has 1 heterocycles. The molecule has 0 bridgehead atoms. The summed E-state index contributed by atoms with van der Waals surface area (Å²) in [5.41, 5.74) is -3.64. The maximum absolute atomic E-state index is 13.5. The van der Waals surface area contributed by atoms with Gasteiger partial charge in [-0.1, -0.05) is 26.7 Å². The van der Waals surface area contributed by atoms with Crippen LogP contribution in [-0.4, -0.2) is 17.8 Å². The molecule has 2 saturated carbocycles. The molecule has 1 aromatic rings. The zero-order valence-corrected chi connectivity index (χ0v) is 21.7. The third kappa shape index (κ3) is 5.83. The maximum atomic E-state index is 13.5. The summed E-state index contributed by atoms with van der Waals surface area (Å²) in [4.78, 5) is 15.7. The maximum Gasteiger partial charge on any atom is 0.418 e. The number of unbranched alkanes of at least 4 members (excludes halogenated alkanes) is 1. The van der Waals surface area contributed by atoms with Gasteiger partial charge in [0.1, 0.15) is 0 Å². The summed E-state index contributed by atoms with van der Waals surface area (Å²) in [7, 11) is 0. The number of hydrogen-bond donors (Lipinski definition) is 1. The highest BCUT2D eigenvalue weighted by molar-refractivity contribution is 5.79. The predicted molar refractivity (Wildman–Crippen MR) is 129 cm³/mol. The molecule has 1 aliphatic heterocycles. The van der Waals surface area contributed by atoms with Gasteiger partial charge in [0.15, 0.2) is 0 Å². The molecule has 3 fully saturated rings. The molecule has 2 aliphatic carbocycles. The Morgan fingerprint density at radius 3 is 2.50 bits per heavy atom. The fraction of sp³-hybridized carbons (Fsp3) is 0.714. The monoisotopic (exact) mass is 545 g/mol. The molecule has 1 saturated heterocycles. The molecule has 38 heavy (non-hydrogen) atoms. The highest BCUT2D eigenvalue weighted by atomic mass is 19.4. The Labute approximate surface area is 219 Å². The number of alkyl halides is 6. The second-order valence-corrected chi connectivity index (χ2v) is 11.6. The number of benzene rings is 1. The van der Waals surface area contributed by atoms with E-state index in [-0.39, 0.29) is 23.3 Å². The van der Waals surface area contributed by atoms with Gasteiger partial charge < -0.3 is 10.4 Å². The zero-order valence-electron chi connectivity index (χ0n) is 21.7. The van der Waals surface area contributed by atoms with Gasteiger partial charge in [0.2, 0.25) is 5.91 Å². The fourth-order valence-corrected chi connectivity index (χ4v) is 7.30. The molecule has 0 aromatic heterocycles. The van der Waals surface area contributed by atoms with E-state index in [2.05, 4.69) is 24.2 Å². The summed E-state index contributed by atoms with van der Waals surface area (Å²) in [6, 6.07) is 1.14. The van der Waals surface area contributed by atoms with Crippen molar-refractivity contribution in [2.75, 3.05) is 0 Å². The van der Waals surface area contributed by atoms with E-state index in [0.29, 0.717) is 49.3 Å². The topological polar surface area (TPSA) is 64.5 Å². The van der Waals surface area contributed by atoms with Crippen molar-refractivity contribution in [3.8, 4) is 0 Å². The summed E-state index contributed by atoms with van der Waals surface area (Å²) in [5, 5.41) is 16.2. The molecule has 4 nitrogen and oxygen atoms in total. The number of fused-ring (bicyclic) bond motifs is 1. The standard InChI is InChI=1S/C28H36F6N2O2/c1-3-4-5-20-19(9-11-23-26(20,2)13-12-24(37)36-23)16-6-7-17(14-16)25(38)35-22-15-18(27(29,30)31)8-10-21(22)28(32,33)34/h8,10,15-17,19-20,23H,3-7,9,11-14H2,1-2H3,(H,35,38)(H,36,37)/p-1/t16?,17-,19?,20?,23?,26+/m0/s1. The number of rotatable bonds is 6. The minimum Gasteiger partial charge on any atom is -0.861 e. The molecule has 1 N–H and O–H groups in total. The molecule has 10 heteroatoms. The van der Waals surface area contributed by atoms with Gasteiger partial charge in [-0.3, -0.25) is 9.79 Å². The van der Waals surface area contributed by atoms with Crippen LogP contribution in [0.2, 0.25) is 0 Å². The van der Waals surface area contributed by atoms with Crippen molar-refractivity contribution < 1.29 is 36.2 Å². The molecule has 4 unspecified atom stereocenters. The van der Waals surface area contributed by atoms with E-state index in [9.17, 15) is 36.2 Å². The Morgan fingerprint density at radius 2 is 1.84 bits per heavy atom. The van der Waals surface area contributed by atoms with Gasteiger partial charge in [-0.15, -0.1) is 0 Å². The summed E-state index contributed by atoms with van der Waals surface area (Å²) < 4.78 is 79.9. The Hall–Kier alpha value is -2.26. The quantitative estimate of drug-likeness (QED) is 0.237. The first-order valence-corrected chi connectivity index (χ1v) is 13.6. The predicted octanol–water partition coefficient (Wildman–Crippen LogP) is 7.03. The lowest BCUT2D eigenvalue weighted by atomic mass is 9.53. The molecule has 0 radical (unpaired) electrons. The van der Waals surface area contributed by atoms with E-state index in [4.69, 9.17) is 0 Å². The van der Waals surface area contributed by atoms with Gasteiger partial charge in [-0.2, -0.15) is 26.3 Å². The van der Waals surface area contributed by atoms with E-state index in [1.54, 1.807) is 0 Å². The van der Waals surface area contributed by atoms with Crippen LogP contribution in [0.5, 0.6) is 0 Å². The molecule has 6 atom stereocenters. The normalized spacial score (nSPS) is 32.7. The van der Waals surface area contributed by atoms with Gasteiger partial charge in [-0.05, 0) is 98.1 Å². The molecule has 212 valence electrons. The van der Waals surface area contributed by atoms with Crippen LogP contribution in [0.4, 0.5) is 32.0 Å². The van der Waals surface area contributed by atoms with Crippen LogP contribution < -0.4 is 10.4 Å². The minimum absolute atomic E-state index is 0.0435. The smallest absolute Gasteiger partial charge is 0.418 e. The third-order valence-corrected chi connectivity index (χ3v) is 9.33. The number of nitrogens with zero attached hydrogens (tertiary/aromatic N) is 1. The number of carbonyl (C=O) groups is 1. The van der Waals surface area contributed by atoms with E-state index in [1.165, 1.54) is 0 Å². The molecular formula is C28H35F6N2O2-. The Bertz CT molecular complexity index is 1050. The number of carbonyl (C=O) groups excluding carboxylic acids is 1. The molecule has 4 rings (SSSR count). The second-order valence-electron chi connectivity index (χ2n) is 11.6. The van der Waals surface area contributed by atoms with Gasteiger partial charge >= 0.3 is 12.4 Å². The van der Waals surface area contributed by atoms with E-state index in [1.807, 2.05) is 0 Å². The second kappa shape index (κ2) is 10.7. The van der Waals surface area contributed by atoms with Crippen molar-refractivity contribution in [2.24, 2.45) is 34.1 Å². The van der Waals surface area contributed by atoms with Crippen molar-refractivity contribution in [3.05, 3.63) is 29.3 Å². The van der Waals surface area contributed by atoms with Crippen molar-refractivity contribution in [1.82, 2.24) is 5.32 Å². The number of halogens is 6. The van der Waals surface area contributed by atoms with Crippen molar-refractivity contribution in [2.45, 2.75) is 96.5 Å². The lowest BCUT2D eigenvalue weighted by molar-refractivity contribution is -0.223. The fourth-order valence-electron chi connectivity index (χ4n) is 7.30. The van der Waals surface area contributed by atoms with E-state index < -0.39 is 41.0 Å². The first-order valence-electron chi connectivity index (χ1n) is 13.6. The van der Waals surface area contributed by atoms with Crippen molar-refractivity contribution in [3.63, 3.8) is 0 Å². The van der Waals surface area contributed by atoms with Crippen LogP contribution in [0.25, 0.3) is 0 Å². The van der Waals surface area contributed by atoms with Crippen LogP contribution in [0, 0.1) is 29.1 Å². The summed E-state index contributed by atoms with van der Waals surface area (Å²) >= 11 is 0. The van der Waals surface area contributed by atoms with Crippen molar-refractivity contribution >= 4 is 17.5 Å². The zero-order chi connectivity index (χ0) is 27.9. The molecule has 1 amide bonds. The van der Waals surface area contributed by atoms with Crippen molar-refractivity contribution in [1.29, 1.82) is 0 Å². The highest BCUT2D eigenvalue weighted by Gasteiger charge is 2.52. The first-order chi connectivity index (χ1) is 17.7. The largest absolute Gasteiger partial charge is 0.861 e. The number of aliphatic imine (C=N–C) groups is 1. The summed E-state index contributed by atoms with van der Waals surface area (Å²) in [5.74, 6) is -0.430. The van der Waals surface area contributed by atoms with Crippen LogP contribution in [0.3, 0.4) is 0 Å². The number of hydrogen-bond acceptors (Lipinski definition) is 3. The van der Waals surface area contributed by atoms with Gasteiger partial charge in [0.05, 0.1) is 16.8 Å². The molecular weight excluding hydrogens is 510 g/mol. The van der Waals surface area contributed by atoms with E-state index >= 15 is 0 Å². The van der Waals surface area contributed by atoms with Crippen LogP contribution in [-0.2, 0) is 17.1 Å². The first kappa shape index (κ1) is 28.7. The molecule has 0 spiro atoms. The van der Waals surface area contributed by atoms with Crippen LogP contribution in [0.15, 0.2) is 23.2 Å². The number of nitrogens with one attached hydrogen (secondary N) is 1. The Kier molecular flexibility index (Phi) is 8.11. The van der Waals surface area contributed by atoms with Crippen LogP contribution in [0.1, 0.15) is 89.2 Å². The molecule has 3 aliphatic rings. The average molecular weight is 546 g/mol. The van der Waals surface area contributed by atoms with Gasteiger partial charge in [-0.25, -0.2) is 0 Å². The summed E-state index contributed by atoms with van der Waals surface area (Å²) in [6.07, 6.45) is -1.93. The van der Waals surface area contributed by atoms with Crippen LogP contribution >= 0.6 is 0 Å². The summed E-state index contributed by atoms with van der Waals surface area (Å²) in [6.45, 7) is 4.39. The Balaban J connectivity index is 1.56. The van der Waals surface area contributed by atoms with Gasteiger partial charge in [0.25, 0.3) is 0 Å². The third-order valence-electron chi connectivity index (χ3n) is 9.33. The number of amides is 1. The highest BCUT2D eigenvalue weighted by Crippen LogP contribution is 2.56. The molecule has 1 aromatic carbocycles. The average Bonchev–Trinajstić information content (AvgIpc) is 3.32.